The zero-order valence-electron chi connectivity index (χ0n) is 26.1. The second-order valence-corrected chi connectivity index (χ2v) is 12.2. The predicted molar refractivity (Wildman–Crippen MR) is 166 cm³/mol. The summed E-state index contributed by atoms with van der Waals surface area (Å²) in [5, 5.41) is 37.0. The van der Waals surface area contributed by atoms with Crippen molar-refractivity contribution >= 4 is 46.3 Å². The molecule has 256 valence electrons. The maximum Gasteiger partial charge on any atom is 0.573 e. The number of benzene rings is 2. The molecule has 48 heavy (non-hydrogen) atoms. The molecule has 0 saturated heterocycles. The molecule has 3 aliphatic rings. The number of aliphatic hydroxyl groups is 3. The van der Waals surface area contributed by atoms with E-state index in [-0.39, 0.29) is 35.4 Å². The molecule has 0 radical (unpaired) electrons. The molecule has 3 aliphatic carbocycles. The third kappa shape index (κ3) is 5.85. The highest BCUT2D eigenvalue weighted by Crippen LogP contribution is 2.52. The summed E-state index contributed by atoms with van der Waals surface area (Å²) in [5.41, 5.74) is 8.15. The summed E-state index contributed by atoms with van der Waals surface area (Å²) in [6.07, 6.45) is -4.69. The number of likely N-dealkylation sites (N-methyl/N-ethyl adjacent to an activating group) is 1. The number of hydrazine groups is 1. The average Bonchev–Trinajstić information content (AvgIpc) is 2.97. The van der Waals surface area contributed by atoms with Crippen molar-refractivity contribution in [3.63, 3.8) is 0 Å². The minimum atomic E-state index is -4.86. The minimum absolute atomic E-state index is 0.0178. The number of anilines is 3. The SMILES string of the molecule is CN(C)c1cc(NC(=O)NNc2ccc(OC(F)(F)F)cc2)cc2c1CC1CC3[C@H](N(C)C)C(=O)C(C(N)=O)=C(O)[C@@]3(O)C(=O)C1=C2O. The number of alkyl halides is 3. The van der Waals surface area contributed by atoms with Crippen LogP contribution in [0, 0.1) is 11.8 Å². The number of hydrogen-bond acceptors (Lipinski definition) is 11. The first-order valence-corrected chi connectivity index (χ1v) is 14.5. The fourth-order valence-electron chi connectivity index (χ4n) is 6.73. The van der Waals surface area contributed by atoms with Gasteiger partial charge in [-0.15, -0.1) is 13.2 Å². The van der Waals surface area contributed by atoms with Crippen molar-refractivity contribution < 1.29 is 52.4 Å². The fraction of sp³-hybridized carbons (Fsp3) is 0.355. The van der Waals surface area contributed by atoms with Crippen molar-refractivity contribution in [3.8, 4) is 5.75 Å². The summed E-state index contributed by atoms with van der Waals surface area (Å²) in [6.45, 7) is 0. The Morgan fingerprint density at radius 3 is 2.25 bits per heavy atom. The molecule has 17 heteroatoms. The molecule has 0 heterocycles. The third-order valence-electron chi connectivity index (χ3n) is 8.71. The van der Waals surface area contributed by atoms with Crippen LogP contribution in [0.5, 0.6) is 5.75 Å². The van der Waals surface area contributed by atoms with Gasteiger partial charge in [0.15, 0.2) is 11.4 Å². The number of carbonyl (C=O) groups excluding carboxylic acids is 4. The van der Waals surface area contributed by atoms with Gasteiger partial charge in [0.2, 0.25) is 5.78 Å². The lowest BCUT2D eigenvalue weighted by Gasteiger charge is -2.50. The number of Topliss-reactive ketones (excluding diaryl/α,β-unsaturated/α-hetero) is 2. The summed E-state index contributed by atoms with van der Waals surface area (Å²) < 4.78 is 41.1. The van der Waals surface area contributed by atoms with Crippen molar-refractivity contribution in [1.29, 1.82) is 0 Å². The van der Waals surface area contributed by atoms with E-state index in [0.29, 0.717) is 11.3 Å². The van der Waals surface area contributed by atoms with Crippen LogP contribution in [0.3, 0.4) is 0 Å². The molecule has 1 saturated carbocycles. The Labute approximate surface area is 271 Å². The Bertz CT molecular complexity index is 1770. The number of nitrogens with two attached hydrogens (primary N) is 1. The van der Waals surface area contributed by atoms with Crippen LogP contribution in [0.4, 0.5) is 35.0 Å². The summed E-state index contributed by atoms with van der Waals surface area (Å²) in [5.74, 6) is -7.22. The van der Waals surface area contributed by atoms with Gasteiger partial charge in [-0.3, -0.25) is 30.1 Å². The molecular formula is C31H33F3N6O8. The summed E-state index contributed by atoms with van der Waals surface area (Å²) in [4.78, 5) is 55.4. The second kappa shape index (κ2) is 12.1. The van der Waals surface area contributed by atoms with Crippen LogP contribution in [0.25, 0.3) is 5.76 Å². The van der Waals surface area contributed by atoms with E-state index in [1.165, 1.54) is 37.2 Å². The van der Waals surface area contributed by atoms with Crippen molar-refractivity contribution in [2.24, 2.45) is 17.6 Å². The number of nitrogens with one attached hydrogen (secondary N) is 3. The maximum absolute atomic E-state index is 14.1. The Morgan fingerprint density at radius 2 is 1.69 bits per heavy atom. The summed E-state index contributed by atoms with van der Waals surface area (Å²) in [6, 6.07) is 5.64. The number of urea groups is 1. The van der Waals surface area contributed by atoms with E-state index in [9.17, 15) is 47.7 Å². The largest absolute Gasteiger partial charge is 0.573 e. The molecule has 1 fully saturated rings. The lowest BCUT2D eigenvalue weighted by atomic mass is 9.57. The van der Waals surface area contributed by atoms with Gasteiger partial charge in [-0.1, -0.05) is 0 Å². The van der Waals surface area contributed by atoms with Crippen molar-refractivity contribution in [2.75, 3.05) is 43.8 Å². The van der Waals surface area contributed by atoms with Crippen molar-refractivity contribution in [2.45, 2.75) is 30.8 Å². The average molecular weight is 675 g/mol. The molecule has 0 spiro atoms. The second-order valence-electron chi connectivity index (χ2n) is 12.2. The standard InChI is InChI=1S/C31H33F3N6O8/c1-39(2)20-12-15(36-29(46)38-37-14-5-7-16(8-6-14)48-31(32,33)34)11-18-17(20)9-13-10-19-23(40(3)4)25(42)22(28(35)45)27(44)30(19,47)26(43)21(13)24(18)41/h5-8,11-13,19,23,37,41,44,47H,9-10H2,1-4H3,(H2,35,45)(H2,36,38,46)/t13?,19?,23-,30-/m0/s1. The highest BCUT2D eigenvalue weighted by Gasteiger charge is 2.64. The Kier molecular flexibility index (Phi) is 8.56. The van der Waals surface area contributed by atoms with Crippen LogP contribution in [0.2, 0.25) is 0 Å². The van der Waals surface area contributed by atoms with E-state index < -0.39 is 76.2 Å². The van der Waals surface area contributed by atoms with E-state index in [4.69, 9.17) is 5.73 Å². The summed E-state index contributed by atoms with van der Waals surface area (Å²) in [7, 11) is 6.51. The number of ether oxygens (including phenoxy) is 1. The van der Waals surface area contributed by atoms with Crippen molar-refractivity contribution in [3.05, 3.63) is 64.4 Å². The molecule has 0 aliphatic heterocycles. The number of ketones is 2. The zero-order chi connectivity index (χ0) is 35.5. The van der Waals surface area contributed by atoms with Gasteiger partial charge in [0.05, 0.1) is 11.7 Å². The lowest BCUT2D eigenvalue weighted by molar-refractivity contribution is -0.274. The van der Waals surface area contributed by atoms with Gasteiger partial charge in [0.25, 0.3) is 5.91 Å². The Hall–Kier alpha value is -5.29. The van der Waals surface area contributed by atoms with Crippen LogP contribution in [-0.2, 0) is 20.8 Å². The van der Waals surface area contributed by atoms with Crippen LogP contribution in [0.1, 0.15) is 17.5 Å². The topological polar surface area (TPSA) is 207 Å². The number of hydrogen-bond donors (Lipinski definition) is 7. The molecule has 5 rings (SSSR count). The van der Waals surface area contributed by atoms with E-state index in [2.05, 4.69) is 20.9 Å². The first-order chi connectivity index (χ1) is 22.3. The predicted octanol–water partition coefficient (Wildman–Crippen LogP) is 2.37. The molecule has 3 amide bonds. The third-order valence-corrected chi connectivity index (χ3v) is 8.71. The highest BCUT2D eigenvalue weighted by molar-refractivity contribution is 6.24. The van der Waals surface area contributed by atoms with Gasteiger partial charge in [-0.2, -0.15) is 0 Å². The highest BCUT2D eigenvalue weighted by atomic mass is 19.4. The maximum atomic E-state index is 14.1. The van der Waals surface area contributed by atoms with Crippen LogP contribution in [-0.4, -0.2) is 89.9 Å². The van der Waals surface area contributed by atoms with Gasteiger partial charge in [0, 0.05) is 42.5 Å². The zero-order valence-corrected chi connectivity index (χ0v) is 26.1. The van der Waals surface area contributed by atoms with Crippen LogP contribution >= 0.6 is 0 Å². The molecule has 14 nitrogen and oxygen atoms in total. The number of aliphatic hydroxyl groups excluding tert-OH is 2. The number of fused-ring (bicyclic) bond motifs is 3. The van der Waals surface area contributed by atoms with E-state index in [1.54, 1.807) is 25.1 Å². The molecule has 2 unspecified atom stereocenters. The molecule has 0 bridgehead atoms. The van der Waals surface area contributed by atoms with Crippen molar-refractivity contribution in [1.82, 2.24) is 10.3 Å². The number of nitrogens with zero attached hydrogens (tertiary/aromatic N) is 2. The molecular weight excluding hydrogens is 641 g/mol. The number of halogens is 3. The number of primary amides is 1. The van der Waals surface area contributed by atoms with Gasteiger partial charge < -0.3 is 36.0 Å². The minimum Gasteiger partial charge on any atom is -0.508 e. The first-order valence-electron chi connectivity index (χ1n) is 14.5. The molecule has 8 N–H and O–H groups in total. The molecule has 2 aromatic rings. The first kappa shape index (κ1) is 34.1. The molecule has 0 aromatic heterocycles. The Morgan fingerprint density at radius 1 is 1.04 bits per heavy atom. The molecule has 2 aromatic carbocycles. The molecule has 4 atom stereocenters. The number of rotatable bonds is 7. The normalized spacial score (nSPS) is 23.6. The number of amides is 3. The van der Waals surface area contributed by atoms with Gasteiger partial charge >= 0.3 is 12.4 Å². The van der Waals surface area contributed by atoms with Crippen LogP contribution < -0.4 is 31.5 Å². The van der Waals surface area contributed by atoms with E-state index in [0.717, 1.165) is 12.1 Å². The quantitative estimate of drug-likeness (QED) is 0.168. The fourth-order valence-corrected chi connectivity index (χ4v) is 6.73. The van der Waals surface area contributed by atoms with Gasteiger partial charge in [-0.05, 0) is 74.8 Å². The number of carbonyl (C=O) groups is 4. The smallest absolute Gasteiger partial charge is 0.508 e. The van der Waals surface area contributed by atoms with Crippen LogP contribution in [0.15, 0.2) is 53.3 Å². The van der Waals surface area contributed by atoms with E-state index in [1.807, 2.05) is 0 Å². The van der Waals surface area contributed by atoms with Gasteiger partial charge in [-0.25, -0.2) is 4.79 Å². The monoisotopic (exact) mass is 674 g/mol. The van der Waals surface area contributed by atoms with E-state index >= 15 is 0 Å². The summed E-state index contributed by atoms with van der Waals surface area (Å²) >= 11 is 0. The lowest BCUT2D eigenvalue weighted by Crippen LogP contribution is -2.65. The van der Waals surface area contributed by atoms with Gasteiger partial charge in [0.1, 0.15) is 22.8 Å². The Balaban J connectivity index is 1.46.